The molecule has 4 aliphatic rings. The van der Waals surface area contributed by atoms with Crippen molar-refractivity contribution in [3.05, 3.63) is 12.7 Å². The second-order valence-corrected chi connectivity index (χ2v) is 11.9. The maximum atomic E-state index is 14.5. The van der Waals surface area contributed by atoms with Crippen LogP contribution in [0.2, 0.25) is 0 Å². The molecule has 3 unspecified atom stereocenters. The number of rotatable bonds is 9. The number of fused-ring (bicyclic) bond motifs is 1. The SMILES string of the molecule is C=CCN(C(=O)C1N([C@@H](CO)C(C)C)C(=O)[C@@H]2[C@@H](C(=O)OCC)[C@@H]3OC12CC3Br)C1CCCCC1. The number of aliphatic hydroxyl groups excluding tert-OH is 1. The van der Waals surface area contributed by atoms with Gasteiger partial charge in [0.1, 0.15) is 11.6 Å². The Bertz CT molecular complexity index is 846. The topological polar surface area (TPSA) is 96.4 Å². The van der Waals surface area contributed by atoms with E-state index < -0.39 is 41.6 Å². The average molecular weight is 556 g/mol. The number of likely N-dealkylation sites (tertiary alicyclic amines) is 1. The van der Waals surface area contributed by atoms with E-state index >= 15 is 0 Å². The lowest BCUT2D eigenvalue weighted by Gasteiger charge is -2.43. The lowest BCUT2D eigenvalue weighted by atomic mass is 9.70. The fraction of sp³-hybridized carbons (Fsp3) is 0.808. The molecule has 1 N–H and O–H groups in total. The van der Waals surface area contributed by atoms with Crippen LogP contribution in [0, 0.1) is 17.8 Å². The van der Waals surface area contributed by atoms with Gasteiger partial charge in [0.15, 0.2) is 0 Å². The third kappa shape index (κ3) is 4.25. The minimum atomic E-state index is -1.14. The first kappa shape index (κ1) is 26.6. The van der Waals surface area contributed by atoms with Gasteiger partial charge in [0.25, 0.3) is 0 Å². The summed E-state index contributed by atoms with van der Waals surface area (Å²) in [6.45, 7) is 9.80. The molecule has 3 saturated heterocycles. The van der Waals surface area contributed by atoms with Crippen molar-refractivity contribution in [1.82, 2.24) is 9.80 Å². The molecule has 2 bridgehead atoms. The van der Waals surface area contributed by atoms with Gasteiger partial charge in [0, 0.05) is 17.4 Å². The number of alkyl halides is 1. The van der Waals surface area contributed by atoms with Crippen molar-refractivity contribution in [3.8, 4) is 0 Å². The first-order valence-electron chi connectivity index (χ1n) is 13.1. The van der Waals surface area contributed by atoms with Crippen LogP contribution in [0.3, 0.4) is 0 Å². The Morgan fingerprint density at radius 2 is 2.03 bits per heavy atom. The zero-order chi connectivity index (χ0) is 25.5. The fourth-order valence-electron chi connectivity index (χ4n) is 6.94. The predicted octanol–water partition coefficient (Wildman–Crippen LogP) is 2.66. The summed E-state index contributed by atoms with van der Waals surface area (Å²) in [5.41, 5.74) is -1.14. The van der Waals surface area contributed by atoms with Crippen molar-refractivity contribution in [2.75, 3.05) is 19.8 Å². The average Bonchev–Trinajstić information content (AvgIpc) is 3.42. The van der Waals surface area contributed by atoms with E-state index in [2.05, 4.69) is 22.5 Å². The van der Waals surface area contributed by atoms with Crippen molar-refractivity contribution in [2.45, 2.75) is 94.0 Å². The fourth-order valence-corrected chi connectivity index (χ4v) is 7.88. The van der Waals surface area contributed by atoms with Crippen molar-refractivity contribution in [2.24, 2.45) is 17.8 Å². The second kappa shape index (κ2) is 10.5. The third-order valence-electron chi connectivity index (χ3n) is 8.46. The van der Waals surface area contributed by atoms with Crippen LogP contribution in [0.4, 0.5) is 0 Å². The Morgan fingerprint density at radius 3 is 2.60 bits per heavy atom. The number of amides is 2. The molecule has 196 valence electrons. The zero-order valence-corrected chi connectivity index (χ0v) is 22.6. The summed E-state index contributed by atoms with van der Waals surface area (Å²) in [6, 6.07) is -1.40. The van der Waals surface area contributed by atoms with Gasteiger partial charge >= 0.3 is 5.97 Å². The maximum absolute atomic E-state index is 14.5. The number of esters is 1. The molecular weight excluding hydrogens is 516 g/mol. The van der Waals surface area contributed by atoms with Crippen molar-refractivity contribution in [3.63, 3.8) is 0 Å². The lowest BCUT2D eigenvalue weighted by molar-refractivity contribution is -0.157. The second-order valence-electron chi connectivity index (χ2n) is 10.7. The van der Waals surface area contributed by atoms with Crippen LogP contribution in [-0.2, 0) is 23.9 Å². The third-order valence-corrected chi connectivity index (χ3v) is 9.30. The van der Waals surface area contributed by atoms with Crippen molar-refractivity contribution in [1.29, 1.82) is 0 Å². The maximum Gasteiger partial charge on any atom is 0.312 e. The smallest absolute Gasteiger partial charge is 0.312 e. The van der Waals surface area contributed by atoms with E-state index in [0.29, 0.717) is 13.0 Å². The molecule has 0 aromatic rings. The highest BCUT2D eigenvalue weighted by molar-refractivity contribution is 9.09. The van der Waals surface area contributed by atoms with E-state index in [1.807, 2.05) is 18.7 Å². The van der Waals surface area contributed by atoms with Crippen LogP contribution in [0.25, 0.3) is 0 Å². The number of hydrogen-bond donors (Lipinski definition) is 1. The first-order chi connectivity index (χ1) is 16.7. The number of halogens is 1. The highest BCUT2D eigenvalue weighted by Crippen LogP contribution is 2.61. The number of carbonyl (C=O) groups excluding carboxylic acids is 3. The summed E-state index contributed by atoms with van der Waals surface area (Å²) in [6.07, 6.45) is 6.76. The monoisotopic (exact) mass is 554 g/mol. The van der Waals surface area contributed by atoms with E-state index in [9.17, 15) is 19.5 Å². The van der Waals surface area contributed by atoms with Gasteiger partial charge in [-0.15, -0.1) is 6.58 Å². The van der Waals surface area contributed by atoms with Gasteiger partial charge in [-0.05, 0) is 32.1 Å². The minimum absolute atomic E-state index is 0.0764. The minimum Gasteiger partial charge on any atom is -0.466 e. The summed E-state index contributed by atoms with van der Waals surface area (Å²) in [5.74, 6) is -2.60. The number of carbonyl (C=O) groups is 3. The van der Waals surface area contributed by atoms with E-state index in [0.717, 1.165) is 32.1 Å². The van der Waals surface area contributed by atoms with E-state index in [1.165, 1.54) is 0 Å². The number of aliphatic hydroxyl groups is 1. The van der Waals surface area contributed by atoms with Gasteiger partial charge in [-0.2, -0.15) is 0 Å². The van der Waals surface area contributed by atoms with Gasteiger partial charge in [-0.3, -0.25) is 14.4 Å². The van der Waals surface area contributed by atoms with Gasteiger partial charge in [-0.1, -0.05) is 55.1 Å². The summed E-state index contributed by atoms with van der Waals surface area (Å²) in [4.78, 5) is 44.9. The van der Waals surface area contributed by atoms with Crippen LogP contribution in [0.1, 0.15) is 59.3 Å². The Labute approximate surface area is 216 Å². The molecule has 7 atom stereocenters. The molecule has 1 saturated carbocycles. The van der Waals surface area contributed by atoms with Gasteiger partial charge in [0.05, 0.1) is 37.2 Å². The molecule has 0 radical (unpaired) electrons. The number of hydrogen-bond acceptors (Lipinski definition) is 6. The molecule has 4 rings (SSSR count). The molecule has 0 aromatic carbocycles. The molecule has 1 spiro atoms. The Morgan fingerprint density at radius 1 is 1.34 bits per heavy atom. The quantitative estimate of drug-likeness (QED) is 0.267. The van der Waals surface area contributed by atoms with E-state index in [1.54, 1.807) is 17.9 Å². The predicted molar refractivity (Wildman–Crippen MR) is 134 cm³/mol. The summed E-state index contributed by atoms with van der Waals surface area (Å²) in [7, 11) is 0. The van der Waals surface area contributed by atoms with Crippen LogP contribution < -0.4 is 0 Å². The molecule has 2 amide bonds. The summed E-state index contributed by atoms with van der Waals surface area (Å²) >= 11 is 3.68. The van der Waals surface area contributed by atoms with Gasteiger partial charge < -0.3 is 24.4 Å². The number of nitrogens with zero attached hydrogens (tertiary/aromatic N) is 2. The highest BCUT2D eigenvalue weighted by Gasteiger charge is 2.77. The Hall–Kier alpha value is -1.45. The number of ether oxygens (including phenoxy) is 2. The molecule has 3 heterocycles. The largest absolute Gasteiger partial charge is 0.466 e. The molecule has 4 fully saturated rings. The molecule has 3 aliphatic heterocycles. The molecule has 8 nitrogen and oxygen atoms in total. The van der Waals surface area contributed by atoms with E-state index in [4.69, 9.17) is 9.47 Å². The molecule has 9 heteroatoms. The Kier molecular flexibility index (Phi) is 7.98. The van der Waals surface area contributed by atoms with Gasteiger partial charge in [0.2, 0.25) is 11.8 Å². The van der Waals surface area contributed by atoms with E-state index in [-0.39, 0.29) is 41.8 Å². The van der Waals surface area contributed by atoms with Crippen molar-refractivity contribution < 1.29 is 29.0 Å². The Balaban J connectivity index is 1.80. The van der Waals surface area contributed by atoms with Gasteiger partial charge in [-0.25, -0.2) is 0 Å². The van der Waals surface area contributed by atoms with Crippen LogP contribution in [-0.4, -0.2) is 87.1 Å². The summed E-state index contributed by atoms with van der Waals surface area (Å²) < 4.78 is 11.9. The zero-order valence-electron chi connectivity index (χ0n) is 21.0. The highest BCUT2D eigenvalue weighted by atomic mass is 79.9. The van der Waals surface area contributed by atoms with Crippen LogP contribution >= 0.6 is 15.9 Å². The standard InChI is InChI=1S/C26H39BrN2O6/c1-5-12-28(16-10-8-7-9-11-16)24(32)22-26-13-17(27)21(35-26)19(25(33)34-6-2)20(26)23(31)29(22)18(14-30)15(3)4/h5,15-22,30H,1,6-14H2,2-4H3/t17?,18-,19+,20-,21+,22?,26?/m0/s1. The molecule has 0 aromatic heterocycles. The molecule has 35 heavy (non-hydrogen) atoms. The normalized spacial score (nSPS) is 35.3. The van der Waals surface area contributed by atoms with Crippen LogP contribution in [0.5, 0.6) is 0 Å². The molecular formula is C26H39BrN2O6. The van der Waals surface area contributed by atoms with Crippen molar-refractivity contribution >= 4 is 33.7 Å². The lowest BCUT2D eigenvalue weighted by Crippen LogP contribution is -2.61. The van der Waals surface area contributed by atoms with Crippen LogP contribution in [0.15, 0.2) is 12.7 Å². The molecule has 1 aliphatic carbocycles. The first-order valence-corrected chi connectivity index (χ1v) is 14.0. The summed E-state index contributed by atoms with van der Waals surface area (Å²) in [5, 5.41) is 10.3.